The Labute approximate surface area is 170 Å². The molecule has 1 amide bonds. The number of carbonyl (C=O) groups excluding carboxylic acids is 1. The van der Waals surface area contributed by atoms with Gasteiger partial charge in [-0.15, -0.1) is 0 Å². The number of hydrogen-bond acceptors (Lipinski definition) is 4. The molecule has 1 aromatic heterocycles. The van der Waals surface area contributed by atoms with Crippen LogP contribution in [0.15, 0.2) is 67.0 Å². The number of halogens is 1. The molecule has 6 heteroatoms. The molecular formula is C23H25FN4O. The molecule has 2 aromatic carbocycles. The first-order valence-electron chi connectivity index (χ1n) is 9.68. The number of hydrogen-bond donors (Lipinski definition) is 1. The normalized spacial score (nSPS) is 10.8. The van der Waals surface area contributed by atoms with Crippen LogP contribution in [-0.4, -0.2) is 28.5 Å². The molecule has 0 spiro atoms. The Morgan fingerprint density at radius 2 is 1.72 bits per heavy atom. The third kappa shape index (κ3) is 5.85. The Morgan fingerprint density at radius 3 is 2.34 bits per heavy atom. The summed E-state index contributed by atoms with van der Waals surface area (Å²) in [6.45, 7) is 5.36. The molecule has 150 valence electrons. The lowest BCUT2D eigenvalue weighted by atomic mass is 10.1. The number of aromatic nitrogens is 2. The van der Waals surface area contributed by atoms with Crippen molar-refractivity contribution >= 4 is 11.7 Å². The zero-order chi connectivity index (χ0) is 20.6. The van der Waals surface area contributed by atoms with Gasteiger partial charge in [-0.3, -0.25) is 4.79 Å². The summed E-state index contributed by atoms with van der Waals surface area (Å²) in [4.78, 5) is 23.2. The highest BCUT2D eigenvalue weighted by atomic mass is 19.1. The number of carbonyl (C=O) groups is 1. The average molecular weight is 392 g/mol. The number of anilines is 1. The van der Waals surface area contributed by atoms with Crippen LogP contribution in [0.4, 0.5) is 10.2 Å². The average Bonchev–Trinajstić information content (AvgIpc) is 2.74. The van der Waals surface area contributed by atoms with Gasteiger partial charge in [-0.05, 0) is 43.5 Å². The van der Waals surface area contributed by atoms with Crippen molar-refractivity contribution in [3.8, 4) is 0 Å². The predicted octanol–water partition coefficient (Wildman–Crippen LogP) is 4.00. The van der Waals surface area contributed by atoms with Crippen molar-refractivity contribution < 1.29 is 9.18 Å². The topological polar surface area (TPSA) is 58.1 Å². The molecule has 0 aliphatic carbocycles. The van der Waals surface area contributed by atoms with E-state index in [9.17, 15) is 9.18 Å². The van der Waals surface area contributed by atoms with Gasteiger partial charge in [-0.2, -0.15) is 0 Å². The lowest BCUT2D eigenvalue weighted by Gasteiger charge is -2.27. The number of amides is 1. The lowest BCUT2D eigenvalue weighted by molar-refractivity contribution is 0.0949. The monoisotopic (exact) mass is 392 g/mol. The molecule has 0 saturated carbocycles. The molecule has 0 saturated heterocycles. The zero-order valence-corrected chi connectivity index (χ0v) is 16.7. The van der Waals surface area contributed by atoms with Gasteiger partial charge in [0.1, 0.15) is 17.3 Å². The first-order valence-corrected chi connectivity index (χ1v) is 9.68. The minimum Gasteiger partial charge on any atom is -0.350 e. The van der Waals surface area contributed by atoms with E-state index in [1.165, 1.54) is 23.9 Å². The van der Waals surface area contributed by atoms with Gasteiger partial charge in [0.05, 0.1) is 12.4 Å². The predicted molar refractivity (Wildman–Crippen MR) is 112 cm³/mol. The summed E-state index contributed by atoms with van der Waals surface area (Å²) >= 11 is 0. The minimum atomic E-state index is -0.273. The second-order valence-electron chi connectivity index (χ2n) is 7.10. The third-order valence-corrected chi connectivity index (χ3v) is 4.60. The fourth-order valence-corrected chi connectivity index (χ4v) is 2.96. The van der Waals surface area contributed by atoms with Crippen molar-refractivity contribution in [3.05, 3.63) is 89.6 Å². The van der Waals surface area contributed by atoms with E-state index in [4.69, 9.17) is 0 Å². The number of benzene rings is 2. The van der Waals surface area contributed by atoms with Crippen LogP contribution in [0.3, 0.4) is 0 Å². The van der Waals surface area contributed by atoms with Crippen LogP contribution in [0.2, 0.25) is 0 Å². The highest BCUT2D eigenvalue weighted by Crippen LogP contribution is 2.17. The summed E-state index contributed by atoms with van der Waals surface area (Å²) < 4.78 is 12.9. The molecule has 5 nitrogen and oxygen atoms in total. The maximum absolute atomic E-state index is 12.9. The van der Waals surface area contributed by atoms with Crippen LogP contribution in [0.1, 0.15) is 35.5 Å². The molecule has 3 aromatic rings. The molecule has 3 rings (SSSR count). The van der Waals surface area contributed by atoms with Crippen LogP contribution in [0.5, 0.6) is 0 Å². The zero-order valence-electron chi connectivity index (χ0n) is 16.7. The van der Waals surface area contributed by atoms with E-state index in [2.05, 4.69) is 46.2 Å². The maximum atomic E-state index is 12.9. The second kappa shape index (κ2) is 9.78. The Morgan fingerprint density at radius 1 is 1.00 bits per heavy atom. The van der Waals surface area contributed by atoms with E-state index in [-0.39, 0.29) is 23.5 Å². The standard InChI is InChI=1S/C23H25FN4O/c1-17(2)28(16-19-6-4-3-5-7-19)22-15-26-21(14-27-22)23(29)25-13-12-18-8-10-20(24)11-9-18/h3-11,14-15,17H,12-13,16H2,1-2H3,(H,25,29). The van der Waals surface area contributed by atoms with Crippen molar-refractivity contribution in [2.24, 2.45) is 0 Å². The number of nitrogens with one attached hydrogen (secondary N) is 1. The van der Waals surface area contributed by atoms with E-state index >= 15 is 0 Å². The smallest absolute Gasteiger partial charge is 0.271 e. The van der Waals surface area contributed by atoms with Gasteiger partial charge in [0.25, 0.3) is 5.91 Å². The van der Waals surface area contributed by atoms with E-state index in [1.54, 1.807) is 18.3 Å². The molecule has 0 atom stereocenters. The molecule has 1 heterocycles. The van der Waals surface area contributed by atoms with Gasteiger partial charge in [0.15, 0.2) is 0 Å². The largest absolute Gasteiger partial charge is 0.350 e. The van der Waals surface area contributed by atoms with Crippen molar-refractivity contribution in [3.63, 3.8) is 0 Å². The van der Waals surface area contributed by atoms with Crippen LogP contribution in [0.25, 0.3) is 0 Å². The Hall–Kier alpha value is -3.28. The quantitative estimate of drug-likeness (QED) is 0.629. The first kappa shape index (κ1) is 20.5. The summed E-state index contributed by atoms with van der Waals surface area (Å²) in [6, 6.07) is 16.7. The summed E-state index contributed by atoms with van der Waals surface area (Å²) in [5.74, 6) is 0.188. The van der Waals surface area contributed by atoms with Gasteiger partial charge in [0, 0.05) is 19.1 Å². The first-order chi connectivity index (χ1) is 14.0. The Balaban J connectivity index is 1.58. The van der Waals surface area contributed by atoms with Crippen LogP contribution in [0, 0.1) is 5.82 Å². The van der Waals surface area contributed by atoms with Crippen molar-refractivity contribution in [1.82, 2.24) is 15.3 Å². The molecule has 1 N–H and O–H groups in total. The third-order valence-electron chi connectivity index (χ3n) is 4.60. The summed E-state index contributed by atoms with van der Waals surface area (Å²) in [5.41, 5.74) is 2.42. The number of rotatable bonds is 8. The summed E-state index contributed by atoms with van der Waals surface area (Å²) in [5, 5.41) is 2.82. The maximum Gasteiger partial charge on any atom is 0.271 e. The molecule has 0 bridgehead atoms. The van der Waals surface area contributed by atoms with E-state index < -0.39 is 0 Å². The van der Waals surface area contributed by atoms with Crippen LogP contribution >= 0.6 is 0 Å². The Kier molecular flexibility index (Phi) is 6.89. The minimum absolute atomic E-state index is 0.236. The molecule has 0 aliphatic rings. The fraction of sp³-hybridized carbons (Fsp3) is 0.261. The lowest BCUT2D eigenvalue weighted by Crippen LogP contribution is -2.31. The SMILES string of the molecule is CC(C)N(Cc1ccccc1)c1cnc(C(=O)NCCc2ccc(F)cc2)cn1. The van der Waals surface area contributed by atoms with Crippen LogP contribution < -0.4 is 10.2 Å². The van der Waals surface area contributed by atoms with Gasteiger partial charge < -0.3 is 10.2 Å². The van der Waals surface area contributed by atoms with Gasteiger partial charge in [-0.1, -0.05) is 42.5 Å². The fourth-order valence-electron chi connectivity index (χ4n) is 2.96. The van der Waals surface area contributed by atoms with Crippen molar-refractivity contribution in [2.75, 3.05) is 11.4 Å². The second-order valence-corrected chi connectivity index (χ2v) is 7.10. The Bertz CT molecular complexity index is 912. The number of nitrogens with zero attached hydrogens (tertiary/aromatic N) is 3. The van der Waals surface area contributed by atoms with E-state index in [0.717, 1.165) is 17.9 Å². The molecule has 0 unspecified atom stereocenters. The highest BCUT2D eigenvalue weighted by molar-refractivity contribution is 5.92. The van der Waals surface area contributed by atoms with Gasteiger partial charge >= 0.3 is 0 Å². The van der Waals surface area contributed by atoms with Crippen LogP contribution in [-0.2, 0) is 13.0 Å². The van der Waals surface area contributed by atoms with Crippen molar-refractivity contribution in [1.29, 1.82) is 0 Å². The van der Waals surface area contributed by atoms with E-state index in [1.807, 2.05) is 18.2 Å². The van der Waals surface area contributed by atoms with E-state index in [0.29, 0.717) is 13.0 Å². The molecule has 0 aliphatic heterocycles. The summed E-state index contributed by atoms with van der Waals surface area (Å²) in [7, 11) is 0. The molecule has 29 heavy (non-hydrogen) atoms. The highest BCUT2D eigenvalue weighted by Gasteiger charge is 2.15. The van der Waals surface area contributed by atoms with Crippen molar-refractivity contribution in [2.45, 2.75) is 32.9 Å². The van der Waals surface area contributed by atoms with Gasteiger partial charge in [0.2, 0.25) is 0 Å². The molecule has 0 radical (unpaired) electrons. The summed E-state index contributed by atoms with van der Waals surface area (Å²) in [6.07, 6.45) is 3.76. The van der Waals surface area contributed by atoms with Gasteiger partial charge in [-0.25, -0.2) is 14.4 Å². The molecular weight excluding hydrogens is 367 g/mol. The molecule has 0 fully saturated rings.